The van der Waals surface area contributed by atoms with Crippen molar-refractivity contribution in [3.63, 3.8) is 0 Å². The Balaban J connectivity index is 1.44. The number of benzene rings is 2. The standard InChI is InChI=1S/C25H29N9/c1-15(2)23-18-12-16(4-7-21(18)33-34(23)3)20-8-11-28-24(32-20)31-17-5-6-19-22(13-17)29-14-30-25(19,27)9-10-26/h4-8,11-15H,9-10,26-27H2,1-3H3,(H,29,30)(H,28,31,32). The van der Waals surface area contributed by atoms with Gasteiger partial charge in [-0.15, -0.1) is 0 Å². The minimum atomic E-state index is -0.815. The lowest BCUT2D eigenvalue weighted by Gasteiger charge is -2.30. The van der Waals surface area contributed by atoms with Crippen LogP contribution in [0.4, 0.5) is 17.3 Å². The first-order valence-corrected chi connectivity index (χ1v) is 11.4. The number of aromatic nitrogens is 4. The molecular weight excluding hydrogens is 426 g/mol. The lowest BCUT2D eigenvalue weighted by Crippen LogP contribution is -2.40. The normalized spacial score (nSPS) is 17.1. The first kappa shape index (κ1) is 22.0. The first-order chi connectivity index (χ1) is 16.4. The van der Waals surface area contributed by atoms with Gasteiger partial charge in [-0.3, -0.25) is 4.68 Å². The molecule has 2 aromatic carbocycles. The molecule has 1 aliphatic heterocycles. The van der Waals surface area contributed by atoms with Crippen molar-refractivity contribution >= 4 is 34.6 Å². The number of nitrogens with zero attached hydrogens (tertiary/aromatic N) is 5. The van der Waals surface area contributed by atoms with Crippen molar-refractivity contribution < 1.29 is 0 Å². The van der Waals surface area contributed by atoms with Gasteiger partial charge in [0.1, 0.15) is 5.66 Å². The van der Waals surface area contributed by atoms with E-state index < -0.39 is 5.66 Å². The van der Waals surface area contributed by atoms with E-state index in [0.29, 0.717) is 24.8 Å². The highest BCUT2D eigenvalue weighted by Gasteiger charge is 2.30. The van der Waals surface area contributed by atoms with Gasteiger partial charge in [0.15, 0.2) is 0 Å². The second-order valence-corrected chi connectivity index (χ2v) is 8.91. The van der Waals surface area contributed by atoms with Crippen LogP contribution in [0.3, 0.4) is 0 Å². The predicted octanol–water partition coefficient (Wildman–Crippen LogP) is 3.81. The molecule has 3 heterocycles. The molecule has 0 saturated heterocycles. The van der Waals surface area contributed by atoms with E-state index in [2.05, 4.69) is 45.6 Å². The average Bonchev–Trinajstić information content (AvgIpc) is 3.14. The number of hydrogen-bond acceptors (Lipinski definition) is 8. The topological polar surface area (TPSA) is 132 Å². The fourth-order valence-electron chi connectivity index (χ4n) is 4.60. The maximum atomic E-state index is 6.47. The van der Waals surface area contributed by atoms with E-state index in [1.165, 1.54) is 5.69 Å². The highest BCUT2D eigenvalue weighted by molar-refractivity contribution is 5.87. The van der Waals surface area contributed by atoms with Crippen LogP contribution in [-0.4, -0.2) is 32.6 Å². The van der Waals surface area contributed by atoms with Gasteiger partial charge in [-0.05, 0) is 42.8 Å². The van der Waals surface area contributed by atoms with E-state index in [1.54, 1.807) is 12.5 Å². The number of hydrogen-bond donors (Lipinski definition) is 4. The fourth-order valence-corrected chi connectivity index (χ4v) is 4.60. The zero-order valence-corrected chi connectivity index (χ0v) is 19.6. The van der Waals surface area contributed by atoms with Gasteiger partial charge in [0.25, 0.3) is 0 Å². The molecule has 0 bridgehead atoms. The zero-order valence-electron chi connectivity index (χ0n) is 19.6. The van der Waals surface area contributed by atoms with Crippen molar-refractivity contribution in [2.75, 3.05) is 17.2 Å². The van der Waals surface area contributed by atoms with E-state index in [1.807, 2.05) is 48.1 Å². The van der Waals surface area contributed by atoms with Gasteiger partial charge in [-0.25, -0.2) is 15.0 Å². The summed E-state index contributed by atoms with van der Waals surface area (Å²) in [5, 5.41) is 12.3. The van der Waals surface area contributed by atoms with Crippen LogP contribution in [0.2, 0.25) is 0 Å². The third-order valence-electron chi connectivity index (χ3n) is 6.16. The number of aryl methyl sites for hydroxylation is 1. The maximum absolute atomic E-state index is 6.47. The number of nitrogens with two attached hydrogens (primary N) is 2. The minimum Gasteiger partial charge on any atom is -0.346 e. The van der Waals surface area contributed by atoms with Crippen LogP contribution < -0.4 is 22.1 Å². The van der Waals surface area contributed by atoms with Gasteiger partial charge in [-0.2, -0.15) is 5.10 Å². The molecule has 5 rings (SSSR count). The highest BCUT2D eigenvalue weighted by atomic mass is 15.3. The number of fused-ring (bicyclic) bond motifs is 2. The predicted molar refractivity (Wildman–Crippen MR) is 137 cm³/mol. The van der Waals surface area contributed by atoms with Gasteiger partial charge in [0, 0.05) is 53.2 Å². The van der Waals surface area contributed by atoms with E-state index in [9.17, 15) is 0 Å². The SMILES string of the molecule is CC(C)c1c2cc(-c3ccnc(Nc4ccc5c(c4)NC=NC5(N)CCN)n3)ccc2nn1C. The summed E-state index contributed by atoms with van der Waals surface area (Å²) in [5.41, 5.74) is 18.1. The molecular formula is C25H29N9. The molecule has 34 heavy (non-hydrogen) atoms. The maximum Gasteiger partial charge on any atom is 0.227 e. The summed E-state index contributed by atoms with van der Waals surface area (Å²) in [6.07, 6.45) is 3.95. The Kier molecular flexibility index (Phi) is 5.51. The van der Waals surface area contributed by atoms with Crippen molar-refractivity contribution in [1.82, 2.24) is 19.7 Å². The summed E-state index contributed by atoms with van der Waals surface area (Å²) >= 11 is 0. The molecule has 1 atom stereocenters. The summed E-state index contributed by atoms with van der Waals surface area (Å²) in [4.78, 5) is 13.6. The van der Waals surface area contributed by atoms with Crippen LogP contribution in [0.1, 0.15) is 37.4 Å². The summed E-state index contributed by atoms with van der Waals surface area (Å²) in [7, 11) is 1.99. The number of aliphatic imine (C=N–C) groups is 1. The molecule has 1 aliphatic rings. The molecule has 0 amide bonds. The highest BCUT2D eigenvalue weighted by Crippen LogP contribution is 2.35. The molecule has 0 fully saturated rings. The molecule has 1 unspecified atom stereocenters. The summed E-state index contributed by atoms with van der Waals surface area (Å²) in [6.45, 7) is 4.82. The molecule has 2 aromatic heterocycles. The van der Waals surface area contributed by atoms with Crippen LogP contribution >= 0.6 is 0 Å². The third-order valence-corrected chi connectivity index (χ3v) is 6.16. The Morgan fingerprint density at radius 1 is 1.15 bits per heavy atom. The van der Waals surface area contributed by atoms with Crippen LogP contribution in [0.5, 0.6) is 0 Å². The van der Waals surface area contributed by atoms with E-state index >= 15 is 0 Å². The molecule has 0 radical (unpaired) electrons. The van der Waals surface area contributed by atoms with Crippen molar-refractivity contribution in [1.29, 1.82) is 0 Å². The molecule has 0 aliphatic carbocycles. The van der Waals surface area contributed by atoms with Gasteiger partial charge in [0.05, 0.1) is 17.5 Å². The van der Waals surface area contributed by atoms with E-state index in [0.717, 1.165) is 39.1 Å². The zero-order chi connectivity index (χ0) is 23.9. The second-order valence-electron chi connectivity index (χ2n) is 8.91. The van der Waals surface area contributed by atoms with Crippen molar-refractivity contribution in [3.05, 3.63) is 59.9 Å². The van der Waals surface area contributed by atoms with Crippen LogP contribution in [0, 0.1) is 0 Å². The van der Waals surface area contributed by atoms with Crippen molar-refractivity contribution in [2.45, 2.75) is 31.8 Å². The van der Waals surface area contributed by atoms with Gasteiger partial charge >= 0.3 is 0 Å². The van der Waals surface area contributed by atoms with Gasteiger partial charge < -0.3 is 22.1 Å². The minimum absolute atomic E-state index is 0.368. The van der Waals surface area contributed by atoms with Crippen molar-refractivity contribution in [3.8, 4) is 11.3 Å². The molecule has 6 N–H and O–H groups in total. The van der Waals surface area contributed by atoms with E-state index in [4.69, 9.17) is 16.5 Å². The number of rotatable bonds is 6. The molecule has 9 nitrogen and oxygen atoms in total. The Labute approximate surface area is 198 Å². The number of anilines is 3. The average molecular weight is 456 g/mol. The van der Waals surface area contributed by atoms with Crippen LogP contribution in [-0.2, 0) is 12.7 Å². The monoisotopic (exact) mass is 455 g/mol. The van der Waals surface area contributed by atoms with Crippen LogP contribution in [0.15, 0.2) is 53.7 Å². The van der Waals surface area contributed by atoms with Gasteiger partial charge in [-0.1, -0.05) is 26.0 Å². The molecule has 4 aromatic rings. The lowest BCUT2D eigenvalue weighted by atomic mass is 9.94. The molecule has 9 heteroatoms. The first-order valence-electron chi connectivity index (χ1n) is 11.4. The van der Waals surface area contributed by atoms with Crippen LogP contribution in [0.25, 0.3) is 22.2 Å². The smallest absolute Gasteiger partial charge is 0.227 e. The Morgan fingerprint density at radius 3 is 2.79 bits per heavy atom. The summed E-state index contributed by atoms with van der Waals surface area (Å²) < 4.78 is 1.96. The third kappa shape index (κ3) is 3.89. The largest absolute Gasteiger partial charge is 0.346 e. The van der Waals surface area contributed by atoms with E-state index in [-0.39, 0.29) is 0 Å². The Bertz CT molecular complexity index is 1390. The Hall–Kier alpha value is -3.82. The molecule has 0 spiro atoms. The quantitative estimate of drug-likeness (QED) is 0.347. The molecule has 0 saturated carbocycles. The number of nitrogens with one attached hydrogen (secondary N) is 2. The lowest BCUT2D eigenvalue weighted by molar-refractivity contribution is 0.437. The van der Waals surface area contributed by atoms with Gasteiger partial charge in [0.2, 0.25) is 5.95 Å². The van der Waals surface area contributed by atoms with Crippen molar-refractivity contribution in [2.24, 2.45) is 23.5 Å². The second kappa shape index (κ2) is 8.51. The summed E-state index contributed by atoms with van der Waals surface area (Å²) in [5.74, 6) is 0.880. The fraction of sp³-hybridized carbons (Fsp3) is 0.280. The Morgan fingerprint density at radius 2 is 2.00 bits per heavy atom. The molecule has 174 valence electrons. The summed E-state index contributed by atoms with van der Waals surface area (Å²) in [6, 6.07) is 14.1.